The Hall–Kier alpha value is -1.32. The minimum absolute atomic E-state index is 0.0157. The minimum atomic E-state index is 0.0157. The van der Waals surface area contributed by atoms with Crippen LogP contribution in [-0.2, 0) is 5.41 Å². The SMILES string of the molecule is CC.COc1ccc(Sc2c(C)cc(N)cc2Cl)cc1C(C)(C)C. The van der Waals surface area contributed by atoms with Gasteiger partial charge in [-0.05, 0) is 48.2 Å². The molecule has 2 nitrogen and oxygen atoms in total. The molecule has 132 valence electrons. The van der Waals surface area contributed by atoms with E-state index in [0.717, 1.165) is 21.1 Å². The molecule has 0 fully saturated rings. The van der Waals surface area contributed by atoms with Crippen LogP contribution >= 0.6 is 23.4 Å². The average molecular weight is 366 g/mol. The third-order valence-corrected chi connectivity index (χ3v) is 5.10. The summed E-state index contributed by atoms with van der Waals surface area (Å²) >= 11 is 8.00. The largest absolute Gasteiger partial charge is 0.496 e. The Bertz CT molecular complexity index is 670. The second kappa shape index (κ2) is 8.68. The topological polar surface area (TPSA) is 35.2 Å². The van der Waals surface area contributed by atoms with Crippen molar-refractivity contribution in [2.75, 3.05) is 12.8 Å². The van der Waals surface area contributed by atoms with E-state index in [1.54, 1.807) is 24.9 Å². The van der Waals surface area contributed by atoms with Crippen LogP contribution in [-0.4, -0.2) is 7.11 Å². The van der Waals surface area contributed by atoms with Gasteiger partial charge in [0, 0.05) is 21.0 Å². The molecule has 0 heterocycles. The van der Waals surface area contributed by atoms with Crippen molar-refractivity contribution in [1.82, 2.24) is 0 Å². The number of aryl methyl sites for hydroxylation is 1. The Morgan fingerprint density at radius 1 is 1.08 bits per heavy atom. The van der Waals surface area contributed by atoms with Crippen molar-refractivity contribution < 1.29 is 4.74 Å². The van der Waals surface area contributed by atoms with Gasteiger partial charge in [-0.1, -0.05) is 58.0 Å². The molecule has 0 radical (unpaired) electrons. The summed E-state index contributed by atoms with van der Waals surface area (Å²) in [6.07, 6.45) is 0. The van der Waals surface area contributed by atoms with Crippen molar-refractivity contribution in [3.63, 3.8) is 0 Å². The van der Waals surface area contributed by atoms with Gasteiger partial charge in [-0.3, -0.25) is 0 Å². The Kier molecular flexibility index (Phi) is 7.50. The summed E-state index contributed by atoms with van der Waals surface area (Å²) in [6, 6.07) is 10.00. The number of nitrogen functional groups attached to an aromatic ring is 1. The van der Waals surface area contributed by atoms with Crippen molar-refractivity contribution in [2.24, 2.45) is 0 Å². The Labute approximate surface area is 155 Å². The second-order valence-corrected chi connectivity index (χ2v) is 7.85. The summed E-state index contributed by atoms with van der Waals surface area (Å²) in [5, 5.41) is 0.690. The quantitative estimate of drug-likeness (QED) is 0.613. The zero-order valence-corrected chi connectivity index (χ0v) is 17.2. The molecule has 2 N–H and O–H groups in total. The first kappa shape index (κ1) is 20.7. The molecule has 0 amide bonds. The highest BCUT2D eigenvalue weighted by Crippen LogP contribution is 2.40. The Morgan fingerprint density at radius 2 is 1.71 bits per heavy atom. The molecule has 0 aliphatic rings. The van der Waals surface area contributed by atoms with Crippen molar-refractivity contribution in [3.8, 4) is 5.75 Å². The molecule has 2 aromatic rings. The van der Waals surface area contributed by atoms with E-state index in [0.29, 0.717) is 10.7 Å². The van der Waals surface area contributed by atoms with Gasteiger partial charge >= 0.3 is 0 Å². The molecular weight excluding hydrogens is 338 g/mol. The molecule has 0 atom stereocenters. The molecule has 0 aliphatic heterocycles. The molecule has 2 rings (SSSR count). The highest BCUT2D eigenvalue weighted by atomic mass is 35.5. The number of nitrogens with two attached hydrogens (primary N) is 1. The molecule has 0 aromatic heterocycles. The summed E-state index contributed by atoms with van der Waals surface area (Å²) in [5.41, 5.74) is 8.81. The van der Waals surface area contributed by atoms with Gasteiger partial charge in [0.2, 0.25) is 0 Å². The van der Waals surface area contributed by atoms with Gasteiger partial charge in [-0.25, -0.2) is 0 Å². The van der Waals surface area contributed by atoms with Crippen LogP contribution in [0.3, 0.4) is 0 Å². The van der Waals surface area contributed by atoms with Gasteiger partial charge in [0.25, 0.3) is 0 Å². The highest BCUT2D eigenvalue weighted by Gasteiger charge is 2.20. The van der Waals surface area contributed by atoms with Crippen molar-refractivity contribution in [3.05, 3.63) is 46.5 Å². The lowest BCUT2D eigenvalue weighted by Gasteiger charge is -2.23. The Morgan fingerprint density at radius 3 is 2.21 bits per heavy atom. The molecule has 24 heavy (non-hydrogen) atoms. The van der Waals surface area contributed by atoms with E-state index in [1.807, 2.05) is 32.9 Å². The average Bonchev–Trinajstić information content (AvgIpc) is 2.51. The Balaban J connectivity index is 0.00000139. The van der Waals surface area contributed by atoms with E-state index in [1.165, 1.54) is 5.56 Å². The molecule has 0 bridgehead atoms. The van der Waals surface area contributed by atoms with Gasteiger partial charge in [-0.15, -0.1) is 0 Å². The smallest absolute Gasteiger partial charge is 0.122 e. The van der Waals surface area contributed by atoms with Gasteiger partial charge in [0.1, 0.15) is 5.75 Å². The fraction of sp³-hybridized carbons (Fsp3) is 0.400. The van der Waals surface area contributed by atoms with Gasteiger partial charge in [0.05, 0.1) is 12.1 Å². The molecule has 2 aromatic carbocycles. The molecule has 0 saturated heterocycles. The summed E-state index contributed by atoms with van der Waals surface area (Å²) in [6.45, 7) is 12.6. The number of benzene rings is 2. The van der Waals surface area contributed by atoms with Crippen molar-refractivity contribution >= 4 is 29.1 Å². The fourth-order valence-corrected chi connectivity index (χ4v) is 3.66. The number of anilines is 1. The van der Waals surface area contributed by atoms with Crippen LogP contribution in [0.15, 0.2) is 40.1 Å². The zero-order chi connectivity index (χ0) is 18.5. The third-order valence-electron chi connectivity index (χ3n) is 3.45. The first-order chi connectivity index (χ1) is 11.2. The maximum absolute atomic E-state index is 6.35. The molecule has 0 aliphatic carbocycles. The summed E-state index contributed by atoms with van der Waals surface area (Å²) in [4.78, 5) is 2.18. The normalized spacial score (nSPS) is 10.8. The van der Waals surface area contributed by atoms with Gasteiger partial charge in [0.15, 0.2) is 0 Å². The first-order valence-corrected chi connectivity index (χ1v) is 9.34. The maximum Gasteiger partial charge on any atom is 0.122 e. The first-order valence-electron chi connectivity index (χ1n) is 8.14. The molecule has 0 saturated carbocycles. The van der Waals surface area contributed by atoms with Crippen molar-refractivity contribution in [1.29, 1.82) is 0 Å². The molecule has 0 unspecified atom stereocenters. The van der Waals surface area contributed by atoms with E-state index in [-0.39, 0.29) is 5.41 Å². The maximum atomic E-state index is 6.35. The summed E-state index contributed by atoms with van der Waals surface area (Å²) in [7, 11) is 1.71. The number of ether oxygens (including phenoxy) is 1. The van der Waals surface area contributed by atoms with Crippen LogP contribution in [0.25, 0.3) is 0 Å². The summed E-state index contributed by atoms with van der Waals surface area (Å²) < 4.78 is 5.49. The lowest BCUT2D eigenvalue weighted by Crippen LogP contribution is -2.12. The van der Waals surface area contributed by atoms with Crippen LogP contribution in [0.5, 0.6) is 5.75 Å². The molecule has 4 heteroatoms. The third kappa shape index (κ3) is 5.09. The van der Waals surface area contributed by atoms with E-state index >= 15 is 0 Å². The van der Waals surface area contributed by atoms with Crippen LogP contribution < -0.4 is 10.5 Å². The number of methoxy groups -OCH3 is 1. The number of hydrogen-bond acceptors (Lipinski definition) is 3. The predicted molar refractivity (Wildman–Crippen MR) is 108 cm³/mol. The number of rotatable bonds is 3. The van der Waals surface area contributed by atoms with E-state index < -0.39 is 0 Å². The predicted octanol–water partition coefficient (Wildman–Crippen LogP) is 6.71. The summed E-state index contributed by atoms with van der Waals surface area (Å²) in [5.74, 6) is 0.914. The number of halogens is 1. The standard InChI is InChI=1S/C18H22ClNOS.C2H6/c1-11-8-12(20)9-15(19)17(11)22-13-6-7-16(21-5)14(10-13)18(2,3)4;1-2/h6-10H,20H2,1-5H3;1-2H3. The van der Waals surface area contributed by atoms with Crippen LogP contribution in [0.4, 0.5) is 5.69 Å². The molecular formula is C20H28ClNOS. The van der Waals surface area contributed by atoms with Crippen LogP contribution in [0, 0.1) is 6.92 Å². The van der Waals surface area contributed by atoms with Gasteiger partial charge in [-0.2, -0.15) is 0 Å². The number of hydrogen-bond donors (Lipinski definition) is 1. The zero-order valence-electron chi connectivity index (χ0n) is 15.7. The van der Waals surface area contributed by atoms with Crippen molar-refractivity contribution in [2.45, 2.75) is 56.7 Å². The van der Waals surface area contributed by atoms with Crippen LogP contribution in [0.1, 0.15) is 45.7 Å². The fourth-order valence-electron chi connectivity index (χ4n) is 2.34. The minimum Gasteiger partial charge on any atom is -0.496 e. The lowest BCUT2D eigenvalue weighted by atomic mass is 9.86. The van der Waals surface area contributed by atoms with E-state index in [4.69, 9.17) is 22.1 Å². The van der Waals surface area contributed by atoms with Gasteiger partial charge < -0.3 is 10.5 Å². The lowest BCUT2D eigenvalue weighted by molar-refractivity contribution is 0.397. The van der Waals surface area contributed by atoms with Crippen LogP contribution in [0.2, 0.25) is 5.02 Å². The molecule has 0 spiro atoms. The van der Waals surface area contributed by atoms with E-state index in [2.05, 4.69) is 32.9 Å². The highest BCUT2D eigenvalue weighted by molar-refractivity contribution is 7.99. The van der Waals surface area contributed by atoms with E-state index in [9.17, 15) is 0 Å². The monoisotopic (exact) mass is 365 g/mol. The second-order valence-electron chi connectivity index (χ2n) is 6.36.